The van der Waals surface area contributed by atoms with Gasteiger partial charge in [-0.05, 0) is 24.7 Å². The Labute approximate surface area is 88.0 Å². The lowest BCUT2D eigenvalue weighted by Crippen LogP contribution is -2.40. The molecule has 3 atom stereocenters. The smallest absolute Gasteiger partial charge is 0.248 e. The van der Waals surface area contributed by atoms with Crippen LogP contribution in [0.5, 0.6) is 0 Å². The Balaban J connectivity index is 1.72. The van der Waals surface area contributed by atoms with E-state index in [2.05, 4.69) is 5.32 Å². The first kappa shape index (κ1) is 10.4. The SMILES string of the molecule is NC(=O)C(O)CNC(=O)C1C2CCCC21. The van der Waals surface area contributed by atoms with Crippen molar-refractivity contribution in [1.82, 2.24) is 5.32 Å². The highest BCUT2D eigenvalue weighted by molar-refractivity contribution is 5.84. The first-order chi connectivity index (χ1) is 7.11. The van der Waals surface area contributed by atoms with Crippen molar-refractivity contribution in [1.29, 1.82) is 0 Å². The van der Waals surface area contributed by atoms with E-state index >= 15 is 0 Å². The molecule has 0 spiro atoms. The van der Waals surface area contributed by atoms with Crippen LogP contribution in [0.1, 0.15) is 19.3 Å². The van der Waals surface area contributed by atoms with E-state index in [0.29, 0.717) is 11.8 Å². The maximum absolute atomic E-state index is 11.6. The molecule has 0 bridgehead atoms. The van der Waals surface area contributed by atoms with Crippen molar-refractivity contribution < 1.29 is 14.7 Å². The molecule has 3 unspecified atom stereocenters. The van der Waals surface area contributed by atoms with Gasteiger partial charge in [-0.15, -0.1) is 0 Å². The number of amides is 2. The van der Waals surface area contributed by atoms with Crippen LogP contribution in [0.15, 0.2) is 0 Å². The molecule has 0 saturated heterocycles. The predicted molar refractivity (Wildman–Crippen MR) is 52.5 cm³/mol. The zero-order valence-electron chi connectivity index (χ0n) is 8.48. The summed E-state index contributed by atoms with van der Waals surface area (Å²) in [4.78, 5) is 22.1. The van der Waals surface area contributed by atoms with Gasteiger partial charge in [0, 0.05) is 5.92 Å². The van der Waals surface area contributed by atoms with Gasteiger partial charge < -0.3 is 16.2 Å². The van der Waals surface area contributed by atoms with E-state index in [9.17, 15) is 9.59 Å². The van der Waals surface area contributed by atoms with E-state index in [4.69, 9.17) is 10.8 Å². The number of rotatable bonds is 4. The maximum atomic E-state index is 11.6. The number of aliphatic hydroxyl groups is 1. The van der Waals surface area contributed by atoms with Crippen molar-refractivity contribution in [3.63, 3.8) is 0 Å². The summed E-state index contributed by atoms with van der Waals surface area (Å²) < 4.78 is 0. The summed E-state index contributed by atoms with van der Waals surface area (Å²) in [5, 5.41) is 11.7. The van der Waals surface area contributed by atoms with Crippen LogP contribution in [-0.2, 0) is 9.59 Å². The summed E-state index contributed by atoms with van der Waals surface area (Å²) in [6.45, 7) is -0.0654. The molecule has 15 heavy (non-hydrogen) atoms. The zero-order chi connectivity index (χ0) is 11.0. The number of fused-ring (bicyclic) bond motifs is 1. The van der Waals surface area contributed by atoms with Crippen LogP contribution in [0.2, 0.25) is 0 Å². The molecule has 0 aromatic rings. The molecule has 0 radical (unpaired) electrons. The first-order valence-electron chi connectivity index (χ1n) is 5.36. The van der Waals surface area contributed by atoms with Crippen LogP contribution in [0.25, 0.3) is 0 Å². The van der Waals surface area contributed by atoms with Gasteiger partial charge in [0.05, 0.1) is 6.54 Å². The molecule has 2 saturated carbocycles. The molecule has 2 amide bonds. The molecule has 0 heterocycles. The quantitative estimate of drug-likeness (QED) is 0.557. The van der Waals surface area contributed by atoms with Gasteiger partial charge >= 0.3 is 0 Å². The number of carbonyl (C=O) groups is 2. The summed E-state index contributed by atoms with van der Waals surface area (Å²) in [7, 11) is 0. The third-order valence-electron chi connectivity index (χ3n) is 3.51. The van der Waals surface area contributed by atoms with Crippen molar-refractivity contribution in [3.8, 4) is 0 Å². The first-order valence-corrected chi connectivity index (χ1v) is 5.36. The van der Waals surface area contributed by atoms with Crippen LogP contribution in [0, 0.1) is 17.8 Å². The minimum absolute atomic E-state index is 0.0370. The molecule has 84 valence electrons. The fraction of sp³-hybridized carbons (Fsp3) is 0.800. The number of primary amides is 1. The Morgan fingerprint density at radius 1 is 1.40 bits per heavy atom. The van der Waals surface area contributed by atoms with E-state index in [0.717, 1.165) is 12.8 Å². The number of aliphatic hydroxyl groups excluding tert-OH is 1. The summed E-state index contributed by atoms with van der Waals surface area (Å²) in [5.74, 6) is 0.390. The Kier molecular flexibility index (Phi) is 2.65. The largest absolute Gasteiger partial charge is 0.381 e. The molecule has 4 N–H and O–H groups in total. The minimum Gasteiger partial charge on any atom is -0.381 e. The third-order valence-corrected chi connectivity index (χ3v) is 3.51. The molecule has 0 aliphatic heterocycles. The fourth-order valence-corrected chi connectivity index (χ4v) is 2.63. The average Bonchev–Trinajstić information content (AvgIpc) is 2.68. The highest BCUT2D eigenvalue weighted by Gasteiger charge is 2.56. The second-order valence-corrected chi connectivity index (χ2v) is 4.45. The molecule has 0 aromatic heterocycles. The third kappa shape index (κ3) is 1.97. The number of hydrogen-bond acceptors (Lipinski definition) is 3. The molecular formula is C10H16N2O3. The molecular weight excluding hydrogens is 196 g/mol. The van der Waals surface area contributed by atoms with Crippen molar-refractivity contribution in [2.24, 2.45) is 23.5 Å². The Morgan fingerprint density at radius 2 is 2.00 bits per heavy atom. The number of nitrogens with two attached hydrogens (primary N) is 1. The van der Waals surface area contributed by atoms with Crippen molar-refractivity contribution in [3.05, 3.63) is 0 Å². The lowest BCUT2D eigenvalue weighted by Gasteiger charge is -2.09. The van der Waals surface area contributed by atoms with E-state index < -0.39 is 12.0 Å². The van der Waals surface area contributed by atoms with Gasteiger partial charge in [0.15, 0.2) is 0 Å². The van der Waals surface area contributed by atoms with Crippen LogP contribution in [0.3, 0.4) is 0 Å². The maximum Gasteiger partial charge on any atom is 0.248 e. The summed E-state index contributed by atoms with van der Waals surface area (Å²) in [6.07, 6.45) is 2.23. The van der Waals surface area contributed by atoms with Crippen LogP contribution in [0.4, 0.5) is 0 Å². The van der Waals surface area contributed by atoms with Gasteiger partial charge in [-0.2, -0.15) is 0 Å². The zero-order valence-corrected chi connectivity index (χ0v) is 8.48. The lowest BCUT2D eigenvalue weighted by molar-refractivity contribution is -0.127. The number of carbonyl (C=O) groups excluding carboxylic acids is 2. The second-order valence-electron chi connectivity index (χ2n) is 4.45. The molecule has 5 nitrogen and oxygen atoms in total. The van der Waals surface area contributed by atoms with Crippen molar-refractivity contribution >= 4 is 11.8 Å². The minimum atomic E-state index is -1.27. The monoisotopic (exact) mass is 212 g/mol. The average molecular weight is 212 g/mol. The molecule has 2 aliphatic rings. The predicted octanol–water partition coefficient (Wildman–Crippen LogP) is -1.01. The highest BCUT2D eigenvalue weighted by Crippen LogP contribution is 2.57. The fourth-order valence-electron chi connectivity index (χ4n) is 2.63. The van der Waals surface area contributed by atoms with Crippen molar-refractivity contribution in [2.75, 3.05) is 6.54 Å². The molecule has 2 fully saturated rings. The van der Waals surface area contributed by atoms with Gasteiger partial charge in [0.25, 0.3) is 0 Å². The Morgan fingerprint density at radius 3 is 2.53 bits per heavy atom. The molecule has 2 rings (SSSR count). The standard InChI is InChI=1S/C10H16N2O3/c11-9(14)7(13)4-12-10(15)8-5-2-1-3-6(5)8/h5-8,13H,1-4H2,(H2,11,14)(H,12,15). The van der Waals surface area contributed by atoms with E-state index in [1.807, 2.05) is 0 Å². The summed E-state index contributed by atoms with van der Waals surface area (Å²) in [6, 6.07) is 0. The summed E-state index contributed by atoms with van der Waals surface area (Å²) in [5.41, 5.74) is 4.87. The van der Waals surface area contributed by atoms with Gasteiger partial charge in [0.2, 0.25) is 11.8 Å². The number of nitrogens with one attached hydrogen (secondary N) is 1. The lowest BCUT2D eigenvalue weighted by atomic mass is 10.1. The van der Waals surface area contributed by atoms with Gasteiger partial charge in [-0.3, -0.25) is 9.59 Å². The van der Waals surface area contributed by atoms with E-state index in [1.54, 1.807) is 0 Å². The topological polar surface area (TPSA) is 92.4 Å². The Bertz CT molecular complexity index is 282. The van der Waals surface area contributed by atoms with Gasteiger partial charge in [0.1, 0.15) is 6.10 Å². The highest BCUT2D eigenvalue weighted by atomic mass is 16.3. The van der Waals surface area contributed by atoms with Crippen LogP contribution in [-0.4, -0.2) is 29.6 Å². The second kappa shape index (κ2) is 3.81. The van der Waals surface area contributed by atoms with Crippen molar-refractivity contribution in [2.45, 2.75) is 25.4 Å². The molecule has 0 aromatic carbocycles. The van der Waals surface area contributed by atoms with E-state index in [-0.39, 0.29) is 18.4 Å². The van der Waals surface area contributed by atoms with Crippen LogP contribution >= 0.6 is 0 Å². The molecule has 5 heteroatoms. The van der Waals surface area contributed by atoms with E-state index in [1.165, 1.54) is 6.42 Å². The normalized spacial score (nSPS) is 34.3. The van der Waals surface area contributed by atoms with Gasteiger partial charge in [-0.1, -0.05) is 6.42 Å². The Hall–Kier alpha value is -1.10. The summed E-state index contributed by atoms with van der Waals surface area (Å²) >= 11 is 0. The number of hydrogen-bond donors (Lipinski definition) is 3. The van der Waals surface area contributed by atoms with Crippen LogP contribution < -0.4 is 11.1 Å². The molecule has 2 aliphatic carbocycles. The van der Waals surface area contributed by atoms with Gasteiger partial charge in [-0.25, -0.2) is 0 Å².